The van der Waals surface area contributed by atoms with Crippen molar-refractivity contribution in [1.29, 1.82) is 0 Å². The lowest BCUT2D eigenvalue weighted by atomic mass is 10.0. The Kier molecular flexibility index (Phi) is 4.82. The molecule has 144 valence electrons. The second kappa shape index (κ2) is 7.29. The van der Waals surface area contributed by atoms with Crippen LogP contribution in [0.3, 0.4) is 0 Å². The predicted molar refractivity (Wildman–Crippen MR) is 101 cm³/mol. The monoisotopic (exact) mass is 397 g/mol. The van der Waals surface area contributed by atoms with Crippen LogP contribution in [0.15, 0.2) is 64.0 Å². The molecule has 1 aliphatic heterocycles. The average Bonchev–Trinajstić information content (AvgIpc) is 3.09. The summed E-state index contributed by atoms with van der Waals surface area (Å²) in [5, 5.41) is 4.00. The zero-order chi connectivity index (χ0) is 19.7. The van der Waals surface area contributed by atoms with Crippen LogP contribution < -0.4 is 0 Å². The van der Waals surface area contributed by atoms with Crippen LogP contribution in [0.2, 0.25) is 0 Å². The van der Waals surface area contributed by atoms with Crippen molar-refractivity contribution in [3.63, 3.8) is 0 Å². The van der Waals surface area contributed by atoms with E-state index in [4.69, 9.17) is 4.52 Å². The molecule has 0 spiro atoms. The van der Waals surface area contributed by atoms with E-state index in [1.54, 1.807) is 12.1 Å². The fourth-order valence-electron chi connectivity index (χ4n) is 3.10. The minimum atomic E-state index is -3.65. The first-order valence-corrected chi connectivity index (χ1v) is 10.3. The molecule has 7 nitrogen and oxygen atoms in total. The molecule has 0 atom stereocenters. The van der Waals surface area contributed by atoms with Gasteiger partial charge in [0, 0.05) is 25.1 Å². The Morgan fingerprint density at radius 1 is 1.14 bits per heavy atom. The van der Waals surface area contributed by atoms with Crippen LogP contribution in [-0.4, -0.2) is 41.7 Å². The number of sulfonamides is 1. The maximum atomic E-state index is 12.8. The topological polar surface area (TPSA) is 93.4 Å². The van der Waals surface area contributed by atoms with Crippen LogP contribution in [0.4, 0.5) is 0 Å². The summed E-state index contributed by atoms with van der Waals surface area (Å²) in [6.45, 7) is 1.97. The van der Waals surface area contributed by atoms with Crippen molar-refractivity contribution in [3.05, 3.63) is 77.4 Å². The highest BCUT2D eigenvalue weighted by Crippen LogP contribution is 2.31. The predicted octanol–water partition coefficient (Wildman–Crippen LogP) is 2.65. The van der Waals surface area contributed by atoms with E-state index in [2.05, 4.69) is 10.1 Å². The van der Waals surface area contributed by atoms with Gasteiger partial charge in [-0.25, -0.2) is 8.42 Å². The number of aromatic nitrogens is 2. The number of benzene rings is 2. The molecule has 2 aromatic carbocycles. The van der Waals surface area contributed by atoms with Crippen LogP contribution in [0.5, 0.6) is 0 Å². The number of hydrogen-bond donors (Lipinski definition) is 0. The molecule has 0 aliphatic carbocycles. The Labute approximate surface area is 163 Å². The number of rotatable bonds is 6. The van der Waals surface area contributed by atoms with Gasteiger partial charge in [0.25, 0.3) is 0 Å². The van der Waals surface area contributed by atoms with Crippen molar-refractivity contribution in [2.45, 2.75) is 24.2 Å². The Hall–Kier alpha value is -2.84. The van der Waals surface area contributed by atoms with Gasteiger partial charge in [0.15, 0.2) is 11.6 Å². The van der Waals surface area contributed by atoms with Crippen LogP contribution in [0.25, 0.3) is 0 Å². The molecule has 0 amide bonds. The standard InChI is InChI=1S/C20H19N3O4S/c1-14(24)16-8-5-9-18(11-16)28(25,26)23-12-17(13-23)20-21-19(22-27-20)10-15-6-3-2-4-7-15/h2-9,11,17H,10,12-13H2,1H3. The first-order chi connectivity index (χ1) is 13.4. The summed E-state index contributed by atoms with van der Waals surface area (Å²) >= 11 is 0. The lowest BCUT2D eigenvalue weighted by Gasteiger charge is -2.35. The zero-order valence-electron chi connectivity index (χ0n) is 15.3. The second-order valence-corrected chi connectivity index (χ2v) is 8.75. The molecule has 28 heavy (non-hydrogen) atoms. The van der Waals surface area contributed by atoms with Crippen molar-refractivity contribution in [1.82, 2.24) is 14.4 Å². The summed E-state index contributed by atoms with van der Waals surface area (Å²) in [5.41, 5.74) is 1.46. The first kappa shape index (κ1) is 18.5. The van der Waals surface area contributed by atoms with Crippen LogP contribution in [0.1, 0.15) is 40.5 Å². The van der Waals surface area contributed by atoms with E-state index in [0.717, 1.165) is 5.56 Å². The molecule has 2 heterocycles. The van der Waals surface area contributed by atoms with Gasteiger partial charge in [-0.15, -0.1) is 0 Å². The molecule has 8 heteroatoms. The highest BCUT2D eigenvalue weighted by atomic mass is 32.2. The van der Waals surface area contributed by atoms with Crippen molar-refractivity contribution in [3.8, 4) is 0 Å². The molecule has 4 rings (SSSR count). The van der Waals surface area contributed by atoms with Gasteiger partial charge in [0.2, 0.25) is 15.9 Å². The molecule has 1 saturated heterocycles. The summed E-state index contributed by atoms with van der Waals surface area (Å²) in [6, 6.07) is 15.9. The van der Waals surface area contributed by atoms with Gasteiger partial charge < -0.3 is 4.52 Å². The van der Waals surface area contributed by atoms with E-state index >= 15 is 0 Å². The molecular formula is C20H19N3O4S. The van der Waals surface area contributed by atoms with Crippen LogP contribution >= 0.6 is 0 Å². The molecule has 0 unspecified atom stereocenters. The van der Waals surface area contributed by atoms with E-state index in [1.165, 1.54) is 23.4 Å². The van der Waals surface area contributed by atoms with Crippen LogP contribution in [-0.2, 0) is 16.4 Å². The molecular weight excluding hydrogens is 378 g/mol. The second-order valence-electron chi connectivity index (χ2n) is 6.81. The van der Waals surface area contributed by atoms with E-state index < -0.39 is 10.0 Å². The van der Waals surface area contributed by atoms with Gasteiger partial charge in [0.05, 0.1) is 10.8 Å². The van der Waals surface area contributed by atoms with Crippen molar-refractivity contribution in [2.75, 3.05) is 13.1 Å². The van der Waals surface area contributed by atoms with Crippen molar-refractivity contribution >= 4 is 15.8 Å². The van der Waals surface area contributed by atoms with Crippen molar-refractivity contribution in [2.24, 2.45) is 0 Å². The number of Topliss-reactive ketones (excluding diaryl/α,β-unsaturated/α-hetero) is 1. The summed E-state index contributed by atoms with van der Waals surface area (Å²) < 4.78 is 32.2. The molecule has 0 bridgehead atoms. The Morgan fingerprint density at radius 2 is 1.89 bits per heavy atom. The minimum Gasteiger partial charge on any atom is -0.339 e. The number of carbonyl (C=O) groups is 1. The van der Waals surface area contributed by atoms with E-state index in [9.17, 15) is 13.2 Å². The third kappa shape index (κ3) is 3.61. The molecule has 0 radical (unpaired) electrons. The molecule has 3 aromatic rings. The third-order valence-corrected chi connectivity index (χ3v) is 6.59. The number of nitrogens with zero attached hydrogens (tertiary/aromatic N) is 3. The van der Waals surface area contributed by atoms with Crippen LogP contribution in [0, 0.1) is 0 Å². The highest BCUT2D eigenvalue weighted by molar-refractivity contribution is 7.89. The molecule has 0 saturated carbocycles. The lowest BCUT2D eigenvalue weighted by molar-refractivity contribution is 0.101. The smallest absolute Gasteiger partial charge is 0.243 e. The largest absolute Gasteiger partial charge is 0.339 e. The molecule has 1 fully saturated rings. The van der Waals surface area contributed by atoms with Gasteiger partial charge in [-0.2, -0.15) is 9.29 Å². The Bertz CT molecular complexity index is 1100. The maximum Gasteiger partial charge on any atom is 0.243 e. The van der Waals surface area contributed by atoms with Gasteiger partial charge in [-0.3, -0.25) is 4.79 Å². The summed E-state index contributed by atoms with van der Waals surface area (Å²) in [7, 11) is -3.65. The maximum absolute atomic E-state index is 12.8. The Balaban J connectivity index is 1.43. The van der Waals surface area contributed by atoms with Gasteiger partial charge >= 0.3 is 0 Å². The van der Waals surface area contributed by atoms with E-state index in [1.807, 2.05) is 30.3 Å². The zero-order valence-corrected chi connectivity index (χ0v) is 16.1. The SMILES string of the molecule is CC(=O)c1cccc(S(=O)(=O)N2CC(c3nc(Cc4ccccc4)no3)C2)c1. The highest BCUT2D eigenvalue weighted by Gasteiger charge is 2.40. The van der Waals surface area contributed by atoms with Gasteiger partial charge in [0.1, 0.15) is 0 Å². The molecule has 1 aliphatic rings. The third-order valence-electron chi connectivity index (χ3n) is 4.76. The Morgan fingerprint density at radius 3 is 2.61 bits per heavy atom. The lowest BCUT2D eigenvalue weighted by Crippen LogP contribution is -2.48. The summed E-state index contributed by atoms with van der Waals surface area (Å²) in [4.78, 5) is 16.0. The summed E-state index contributed by atoms with van der Waals surface area (Å²) in [5.74, 6) is 0.740. The fraction of sp³-hybridized carbons (Fsp3) is 0.250. The first-order valence-electron chi connectivity index (χ1n) is 8.91. The van der Waals surface area contributed by atoms with Gasteiger partial charge in [-0.1, -0.05) is 47.6 Å². The summed E-state index contributed by atoms with van der Waals surface area (Å²) in [6.07, 6.45) is 0.566. The van der Waals surface area contributed by atoms with Crippen molar-refractivity contribution < 1.29 is 17.7 Å². The quantitative estimate of drug-likeness (QED) is 0.594. The average molecular weight is 397 g/mol. The normalized spacial score (nSPS) is 15.3. The van der Waals surface area contributed by atoms with E-state index in [-0.39, 0.29) is 29.7 Å². The minimum absolute atomic E-state index is 0.119. The van der Waals surface area contributed by atoms with Gasteiger partial charge in [-0.05, 0) is 24.6 Å². The number of carbonyl (C=O) groups excluding carboxylic acids is 1. The van der Waals surface area contributed by atoms with E-state index in [0.29, 0.717) is 23.7 Å². The number of hydrogen-bond acceptors (Lipinski definition) is 6. The molecule has 1 aromatic heterocycles. The molecule has 0 N–H and O–H groups in total. The number of ketones is 1. The fourth-order valence-corrected chi connectivity index (χ4v) is 4.68.